The van der Waals surface area contributed by atoms with Crippen molar-refractivity contribution in [3.05, 3.63) is 0 Å². The van der Waals surface area contributed by atoms with Crippen molar-refractivity contribution in [3.63, 3.8) is 0 Å². The van der Waals surface area contributed by atoms with Crippen LogP contribution in [0.3, 0.4) is 0 Å². The van der Waals surface area contributed by atoms with Crippen LogP contribution in [0.15, 0.2) is 0 Å². The Morgan fingerprint density at radius 2 is 1.12 bits per heavy atom. The molecule has 0 heterocycles. The Bertz CT molecular complexity index is 298. The van der Waals surface area contributed by atoms with Gasteiger partial charge >= 0.3 is 0 Å². The Balaban J connectivity index is 3.26. The molecule has 0 aliphatic heterocycles. The van der Waals surface area contributed by atoms with E-state index in [0.29, 0.717) is 0 Å². The summed E-state index contributed by atoms with van der Waals surface area (Å²) in [6.07, 6.45) is 21.6. The molecule has 0 aromatic heterocycles. The zero-order chi connectivity index (χ0) is 18.8. The Kier molecular flexibility index (Phi) is 17.9. The molecule has 1 unspecified atom stereocenters. The SMILES string of the molecule is CCCCCCCCCCCCCCCCCC(BC(=O)O)N(C)C. The van der Waals surface area contributed by atoms with E-state index >= 15 is 0 Å². The summed E-state index contributed by atoms with van der Waals surface area (Å²) < 4.78 is 0. The maximum absolute atomic E-state index is 10.8. The maximum Gasteiger partial charge on any atom is 0.279 e. The van der Waals surface area contributed by atoms with Crippen molar-refractivity contribution in [2.45, 2.75) is 116 Å². The van der Waals surface area contributed by atoms with E-state index in [0.717, 1.165) is 12.8 Å². The summed E-state index contributed by atoms with van der Waals surface area (Å²) in [7, 11) is 4.24. The molecule has 3 nitrogen and oxygen atoms in total. The van der Waals surface area contributed by atoms with E-state index in [1.54, 1.807) is 0 Å². The first-order chi connectivity index (χ1) is 12.1. The number of rotatable bonds is 19. The predicted octanol–water partition coefficient (Wildman–Crippen LogP) is 6.25. The van der Waals surface area contributed by atoms with Crippen molar-refractivity contribution in [2.24, 2.45) is 0 Å². The molecule has 1 N–H and O–H groups in total. The van der Waals surface area contributed by atoms with Gasteiger partial charge in [0.25, 0.3) is 7.28 Å². The second-order valence-corrected chi connectivity index (χ2v) is 7.95. The molecular weight excluding hydrogens is 309 g/mol. The third kappa shape index (κ3) is 18.1. The molecule has 0 rings (SSSR count). The van der Waals surface area contributed by atoms with Crippen LogP contribution in [-0.2, 0) is 0 Å². The molecule has 0 aliphatic carbocycles. The fourth-order valence-corrected chi connectivity index (χ4v) is 3.50. The second kappa shape index (κ2) is 18.3. The largest absolute Gasteiger partial charge is 0.489 e. The minimum Gasteiger partial charge on any atom is -0.489 e. The number of carbonyl (C=O) groups is 1. The van der Waals surface area contributed by atoms with Gasteiger partial charge in [0.05, 0.1) is 0 Å². The molecule has 25 heavy (non-hydrogen) atoms. The van der Waals surface area contributed by atoms with Crippen LogP contribution < -0.4 is 0 Å². The third-order valence-electron chi connectivity index (χ3n) is 5.28. The molecule has 0 radical (unpaired) electrons. The average molecular weight is 353 g/mol. The van der Waals surface area contributed by atoms with Crippen molar-refractivity contribution in [1.82, 2.24) is 4.90 Å². The van der Waals surface area contributed by atoms with Gasteiger partial charge in [0.2, 0.25) is 5.87 Å². The van der Waals surface area contributed by atoms with Crippen LogP contribution in [0.25, 0.3) is 0 Å². The number of carboxylic acid groups (broad SMARTS) is 1. The van der Waals surface area contributed by atoms with Crippen molar-refractivity contribution >= 4 is 13.1 Å². The number of unbranched alkanes of at least 4 members (excludes halogenated alkanes) is 14. The van der Waals surface area contributed by atoms with E-state index in [1.165, 1.54) is 89.9 Å². The Morgan fingerprint density at radius 3 is 1.44 bits per heavy atom. The van der Waals surface area contributed by atoms with E-state index in [-0.39, 0.29) is 13.2 Å². The van der Waals surface area contributed by atoms with E-state index in [1.807, 2.05) is 14.1 Å². The van der Waals surface area contributed by atoms with Crippen LogP contribution in [0, 0.1) is 0 Å². The molecule has 0 aromatic rings. The number of nitrogens with zero attached hydrogens (tertiary/aromatic N) is 1. The van der Waals surface area contributed by atoms with Crippen molar-refractivity contribution in [2.75, 3.05) is 14.1 Å². The molecular formula is C21H44BNO2. The summed E-state index contributed by atoms with van der Waals surface area (Å²) in [6.45, 7) is 2.28. The maximum atomic E-state index is 10.8. The number of hydrogen-bond donors (Lipinski definition) is 1. The Labute approximate surface area is 158 Å². The molecule has 0 saturated heterocycles. The fourth-order valence-electron chi connectivity index (χ4n) is 3.50. The molecule has 0 bridgehead atoms. The zero-order valence-corrected chi connectivity index (χ0v) is 17.4. The van der Waals surface area contributed by atoms with Crippen LogP contribution >= 0.6 is 0 Å². The summed E-state index contributed by atoms with van der Waals surface area (Å²) in [5.41, 5.74) is 0. The molecule has 0 aromatic carbocycles. The molecule has 4 heteroatoms. The van der Waals surface area contributed by atoms with Crippen LogP contribution in [0.5, 0.6) is 0 Å². The molecule has 0 amide bonds. The van der Waals surface area contributed by atoms with Crippen LogP contribution in [0.2, 0.25) is 0 Å². The highest BCUT2D eigenvalue weighted by Crippen LogP contribution is 2.14. The summed E-state index contributed by atoms with van der Waals surface area (Å²) in [4.78, 5) is 12.9. The first-order valence-corrected chi connectivity index (χ1v) is 11.0. The summed E-state index contributed by atoms with van der Waals surface area (Å²) in [6, 6.07) is 0. The topological polar surface area (TPSA) is 40.5 Å². The zero-order valence-electron chi connectivity index (χ0n) is 17.4. The van der Waals surface area contributed by atoms with Gasteiger partial charge in [0, 0.05) is 0 Å². The highest BCUT2D eigenvalue weighted by molar-refractivity contribution is 6.72. The molecule has 0 spiro atoms. The van der Waals surface area contributed by atoms with E-state index in [4.69, 9.17) is 5.11 Å². The molecule has 148 valence electrons. The number of hydrogen-bond acceptors (Lipinski definition) is 2. The van der Waals surface area contributed by atoms with Crippen LogP contribution in [0.4, 0.5) is 4.79 Å². The first kappa shape index (κ1) is 24.5. The van der Waals surface area contributed by atoms with Crippen molar-refractivity contribution in [3.8, 4) is 0 Å². The normalized spacial score (nSPS) is 12.5. The van der Waals surface area contributed by atoms with Gasteiger partial charge in [-0.2, -0.15) is 0 Å². The quantitative estimate of drug-likeness (QED) is 0.220. The van der Waals surface area contributed by atoms with Gasteiger partial charge in [-0.3, -0.25) is 4.79 Å². The first-order valence-electron chi connectivity index (χ1n) is 11.0. The summed E-state index contributed by atoms with van der Waals surface area (Å²) in [5, 5.41) is 8.93. The van der Waals surface area contributed by atoms with E-state index in [2.05, 4.69) is 11.8 Å². The van der Waals surface area contributed by atoms with Gasteiger partial charge in [-0.15, -0.1) is 0 Å². The molecule has 0 saturated carbocycles. The van der Waals surface area contributed by atoms with E-state index < -0.39 is 5.87 Å². The highest BCUT2D eigenvalue weighted by Gasteiger charge is 2.17. The monoisotopic (exact) mass is 353 g/mol. The van der Waals surface area contributed by atoms with Gasteiger partial charge in [-0.05, 0) is 26.5 Å². The van der Waals surface area contributed by atoms with Gasteiger partial charge in [-0.25, -0.2) is 0 Å². The van der Waals surface area contributed by atoms with Crippen LogP contribution in [0.1, 0.15) is 110 Å². The van der Waals surface area contributed by atoms with Gasteiger partial charge in [0.1, 0.15) is 0 Å². The van der Waals surface area contributed by atoms with Crippen molar-refractivity contribution in [1.29, 1.82) is 0 Å². The molecule has 1 atom stereocenters. The lowest BCUT2D eigenvalue weighted by Crippen LogP contribution is -2.37. The highest BCUT2D eigenvalue weighted by atomic mass is 16.4. The smallest absolute Gasteiger partial charge is 0.279 e. The van der Waals surface area contributed by atoms with Crippen LogP contribution in [-0.4, -0.2) is 43.2 Å². The second-order valence-electron chi connectivity index (χ2n) is 7.95. The third-order valence-corrected chi connectivity index (χ3v) is 5.28. The molecule has 0 aliphatic rings. The lowest BCUT2D eigenvalue weighted by Gasteiger charge is -2.21. The lowest BCUT2D eigenvalue weighted by molar-refractivity contribution is 0.217. The van der Waals surface area contributed by atoms with E-state index in [9.17, 15) is 4.79 Å². The predicted molar refractivity (Wildman–Crippen MR) is 112 cm³/mol. The van der Waals surface area contributed by atoms with Gasteiger partial charge < -0.3 is 10.0 Å². The van der Waals surface area contributed by atoms with Gasteiger partial charge in [-0.1, -0.05) is 103 Å². The summed E-state index contributed by atoms with van der Waals surface area (Å²) in [5.74, 6) is -0.487. The lowest BCUT2D eigenvalue weighted by atomic mass is 9.67. The Morgan fingerprint density at radius 1 is 0.760 bits per heavy atom. The average Bonchev–Trinajstić information content (AvgIpc) is 2.56. The van der Waals surface area contributed by atoms with Gasteiger partial charge in [0.15, 0.2) is 0 Å². The molecule has 0 fully saturated rings. The van der Waals surface area contributed by atoms with Crippen molar-refractivity contribution < 1.29 is 9.90 Å². The fraction of sp³-hybridized carbons (Fsp3) is 0.952. The minimum absolute atomic E-state index is 0.194. The Hall–Kier alpha value is -0.505. The summed E-state index contributed by atoms with van der Waals surface area (Å²) >= 11 is 0. The standard InChI is InChI=1S/C21H44BNO2/c1-4-5-6-7-8-9-10-11-12-13-14-15-16-17-18-19-20(23(2)3)22-21(24)25/h20,22H,4-19H2,1-3H3,(H,24,25). The minimum atomic E-state index is -0.681.